The Hall–Kier alpha value is -1.84. The van der Waals surface area contributed by atoms with Gasteiger partial charge >= 0.3 is 0 Å². The monoisotopic (exact) mass is 1240 g/mol. The van der Waals surface area contributed by atoms with Gasteiger partial charge in [0.1, 0.15) is 128 Å². The van der Waals surface area contributed by atoms with Crippen LogP contribution in [-0.4, -0.2) is 303 Å². The summed E-state index contributed by atoms with van der Waals surface area (Å²) < 4.78 is 65.9. The molecule has 10 rings (SSSR count). The predicted molar refractivity (Wildman–Crippen MR) is 284 cm³/mol. The molecule has 29 nitrogen and oxygen atoms in total. The lowest BCUT2D eigenvalue weighted by molar-refractivity contribution is -0.406. The van der Waals surface area contributed by atoms with Gasteiger partial charge in [-0.05, 0) is 93.0 Å². The molecule has 0 aromatic carbocycles. The van der Waals surface area contributed by atoms with Crippen LogP contribution in [0.25, 0.3) is 0 Å². The van der Waals surface area contributed by atoms with Gasteiger partial charge in [0.25, 0.3) is 0 Å². The van der Waals surface area contributed by atoms with Crippen molar-refractivity contribution in [2.45, 2.75) is 250 Å². The summed E-state index contributed by atoms with van der Waals surface area (Å²) in [6.45, 7) is 6.58. The van der Waals surface area contributed by atoms with E-state index in [2.05, 4.69) is 27.4 Å². The fourth-order valence-electron chi connectivity index (χ4n) is 16.4. The topological polar surface area (TPSA) is 466 Å². The van der Waals surface area contributed by atoms with E-state index >= 15 is 0 Å². The summed E-state index contributed by atoms with van der Waals surface area (Å²) >= 11 is 0. The maximum Gasteiger partial charge on any atom is 0.187 e. The molecule has 86 heavy (non-hydrogen) atoms. The van der Waals surface area contributed by atoms with Crippen LogP contribution in [0.4, 0.5) is 0 Å². The van der Waals surface area contributed by atoms with Gasteiger partial charge in [-0.1, -0.05) is 26.0 Å². The summed E-state index contributed by atoms with van der Waals surface area (Å²) in [7, 11) is 0. The molecule has 6 heterocycles. The van der Waals surface area contributed by atoms with Crippen LogP contribution in [0.3, 0.4) is 0 Å². The molecular weight excluding hydrogens is 1150 g/mol. The second-order valence-corrected chi connectivity index (χ2v) is 26.2. The molecule has 18 N–H and O–H groups in total. The van der Waals surface area contributed by atoms with Gasteiger partial charge in [0, 0.05) is 17.8 Å². The second-order valence-electron chi connectivity index (χ2n) is 26.2. The maximum absolute atomic E-state index is 12.4. The SMILES string of the molecule is C=C(CCC1=C(C)[C@H]2[C@H](C[C@H]3[C@@H]4CC[C@H]5C[C@@H](O[C@@H]6O[C@H](CO)[C@H](O[C@@H]7O[C@H](CO)[C@@H](O)[C@H](O[C@@H]8O[C@H](CO)[C@@H](O)[C@H](O)[C@H]8O)[C@H]7O[C@@H]7O[C@H](CO)[C@@H](O)[C@H](O)[C@H]7O)[C@H](O)[C@H]6O)CC[C@]5(C)[C@H]4C[C@@H](O)[C@@]32C)O1)CO[C@@H]1O[C@H](CO)[C@@H](O)[C@H](O)[C@H]1O. The van der Waals surface area contributed by atoms with Gasteiger partial charge in [-0.15, -0.1) is 0 Å². The van der Waals surface area contributed by atoms with E-state index in [-0.39, 0.29) is 41.8 Å². The third-order valence-electron chi connectivity index (χ3n) is 21.5. The van der Waals surface area contributed by atoms with Gasteiger partial charge < -0.3 is 144 Å². The van der Waals surface area contributed by atoms with E-state index < -0.39 is 204 Å². The molecule has 4 aliphatic carbocycles. The third kappa shape index (κ3) is 12.1. The van der Waals surface area contributed by atoms with Crippen molar-refractivity contribution in [3.8, 4) is 0 Å². The molecule has 5 saturated heterocycles. The van der Waals surface area contributed by atoms with Crippen LogP contribution in [0.5, 0.6) is 0 Å². The Labute approximate surface area is 496 Å². The molecule has 494 valence electrons. The number of ether oxygens (including phenoxy) is 11. The van der Waals surface area contributed by atoms with Gasteiger partial charge in [0.05, 0.1) is 57.6 Å². The molecule has 0 bridgehead atoms. The van der Waals surface area contributed by atoms with Gasteiger partial charge in [0.2, 0.25) is 0 Å². The van der Waals surface area contributed by atoms with Gasteiger partial charge in [0.15, 0.2) is 31.5 Å². The molecule has 9 fully saturated rings. The van der Waals surface area contributed by atoms with E-state index in [1.54, 1.807) is 0 Å². The first kappa shape index (κ1) is 67.1. The number of aliphatic hydroxyl groups is 18. The summed E-state index contributed by atoms with van der Waals surface area (Å²) in [4.78, 5) is 0. The first-order valence-electron chi connectivity index (χ1n) is 30.3. The maximum atomic E-state index is 12.4. The highest BCUT2D eigenvalue weighted by molar-refractivity contribution is 5.28. The average molecular weight is 1240 g/mol. The van der Waals surface area contributed by atoms with Gasteiger partial charge in [-0.25, -0.2) is 0 Å². The number of hydrogen-bond acceptors (Lipinski definition) is 29. The molecule has 0 aromatic heterocycles. The molecule has 0 unspecified atom stereocenters. The minimum absolute atomic E-state index is 0.000390. The Bertz CT molecular complexity index is 2300. The van der Waals surface area contributed by atoms with Crippen molar-refractivity contribution < 1.29 is 144 Å². The number of allylic oxidation sites excluding steroid dienone is 1. The minimum atomic E-state index is -2.07. The predicted octanol–water partition coefficient (Wildman–Crippen LogP) is -6.29. The first-order chi connectivity index (χ1) is 40.8. The second kappa shape index (κ2) is 27.0. The summed E-state index contributed by atoms with van der Waals surface area (Å²) in [6, 6.07) is 0. The van der Waals surface area contributed by atoms with Crippen LogP contribution >= 0.6 is 0 Å². The van der Waals surface area contributed by atoms with E-state index in [1.165, 1.54) is 0 Å². The largest absolute Gasteiger partial charge is 0.494 e. The van der Waals surface area contributed by atoms with E-state index in [0.717, 1.165) is 37.0 Å². The molecule has 35 atom stereocenters. The Morgan fingerprint density at radius 2 is 0.988 bits per heavy atom. The summed E-state index contributed by atoms with van der Waals surface area (Å²) in [6.07, 6.45) is -38.9. The molecule has 10 aliphatic rings. The van der Waals surface area contributed by atoms with Gasteiger partial charge in [-0.2, -0.15) is 0 Å². The normalized spacial score (nSPS) is 53.1. The molecule has 6 aliphatic heterocycles. The molecule has 4 saturated carbocycles. The highest BCUT2D eigenvalue weighted by Crippen LogP contribution is 2.70. The fraction of sp³-hybridized carbons (Fsp3) is 0.930. The van der Waals surface area contributed by atoms with Crippen LogP contribution in [0.1, 0.15) is 78.6 Å². The molecule has 0 amide bonds. The molecule has 0 spiro atoms. The van der Waals surface area contributed by atoms with Crippen molar-refractivity contribution in [1.29, 1.82) is 0 Å². The summed E-state index contributed by atoms with van der Waals surface area (Å²) in [5.41, 5.74) is 1.15. The van der Waals surface area contributed by atoms with Crippen LogP contribution in [-0.2, 0) is 52.1 Å². The van der Waals surface area contributed by atoms with E-state index in [1.807, 2.05) is 0 Å². The smallest absolute Gasteiger partial charge is 0.187 e. The third-order valence-corrected chi connectivity index (χ3v) is 21.5. The standard InChI is InChI=1S/C57H92O29/c1-20(19-76-51-44(72)40(68)36(64)29(14-58)79-51)5-8-27-21(2)35-28(78-27)12-26-24-7-6-22-11-23(9-10-56(22,3)25(24)13-34(63)57(26,35)4)77-52-47(75)43(71)48(33(18-62)83-52)84-55-50(86-54-46(74)42(70)38(66)31(16-60)81-54)49(39(67)32(17-61)82-55)85-53-45(73)41(69)37(65)30(15-59)80-53/h22-26,28-55,58-75H,1,5-19H2,2-4H3/t22-,23-,24+,25-,26-,28-,29+,30+,31+,32+,33+,34+,35-,36+,37+,38+,39+,40-,41-,42-,43+,44+,45+,46+,47+,48-,49-,50+,51+,52+,53-,54-,55-,56-,57+/m0/s1. The molecular formula is C57H92O29. The zero-order valence-electron chi connectivity index (χ0n) is 48.4. The van der Waals surface area contributed by atoms with E-state index in [9.17, 15) is 91.9 Å². The lowest BCUT2D eigenvalue weighted by atomic mass is 9.44. The lowest BCUT2D eigenvalue weighted by Crippen LogP contribution is -2.68. The van der Waals surface area contributed by atoms with E-state index in [4.69, 9.17) is 52.1 Å². The number of aliphatic hydroxyl groups excluding tert-OH is 18. The molecule has 0 aromatic rings. The Balaban J connectivity index is 0.778. The number of hydrogen-bond donors (Lipinski definition) is 18. The zero-order valence-corrected chi connectivity index (χ0v) is 48.4. The van der Waals surface area contributed by atoms with Crippen LogP contribution in [0.15, 0.2) is 23.5 Å². The van der Waals surface area contributed by atoms with Gasteiger partial charge in [-0.3, -0.25) is 0 Å². The summed E-state index contributed by atoms with van der Waals surface area (Å²) in [5, 5.41) is 193. The van der Waals surface area contributed by atoms with Crippen molar-refractivity contribution in [3.63, 3.8) is 0 Å². The van der Waals surface area contributed by atoms with Crippen LogP contribution in [0, 0.1) is 40.4 Å². The van der Waals surface area contributed by atoms with Crippen molar-refractivity contribution in [2.24, 2.45) is 40.4 Å². The summed E-state index contributed by atoms with van der Waals surface area (Å²) in [5.74, 6) is 1.68. The zero-order chi connectivity index (χ0) is 62.2. The number of fused-ring (bicyclic) bond motifs is 7. The average Bonchev–Trinajstić information content (AvgIpc) is 1.55. The number of rotatable bonds is 19. The van der Waals surface area contributed by atoms with Crippen LogP contribution < -0.4 is 0 Å². The molecule has 29 heteroatoms. The lowest BCUT2D eigenvalue weighted by Gasteiger charge is -2.62. The van der Waals surface area contributed by atoms with Crippen molar-refractivity contribution in [2.75, 3.05) is 39.6 Å². The molecule has 0 radical (unpaired) electrons. The Morgan fingerprint density at radius 3 is 1.57 bits per heavy atom. The van der Waals surface area contributed by atoms with Crippen molar-refractivity contribution in [1.82, 2.24) is 0 Å². The van der Waals surface area contributed by atoms with E-state index in [0.29, 0.717) is 43.6 Å². The minimum Gasteiger partial charge on any atom is -0.494 e. The quantitative estimate of drug-likeness (QED) is 0.0423. The highest BCUT2D eigenvalue weighted by Gasteiger charge is 2.68. The van der Waals surface area contributed by atoms with Crippen molar-refractivity contribution in [3.05, 3.63) is 23.5 Å². The van der Waals surface area contributed by atoms with Crippen molar-refractivity contribution >= 4 is 0 Å². The fourth-order valence-corrected chi connectivity index (χ4v) is 16.4. The van der Waals surface area contributed by atoms with Crippen LogP contribution in [0.2, 0.25) is 0 Å². The Morgan fingerprint density at radius 1 is 0.500 bits per heavy atom. The first-order valence-corrected chi connectivity index (χ1v) is 30.3. The highest BCUT2D eigenvalue weighted by atomic mass is 16.8. The Kier molecular flexibility index (Phi) is 21.1.